The highest BCUT2D eigenvalue weighted by Gasteiger charge is 2.33. The SMILES string of the molecule is CCCN1C(=S)NC(c2ccc(SC)cc2)C(c2nc(-c3ccc(CC)cc3)no2)=C1C. The Kier molecular flexibility index (Phi) is 6.96. The molecule has 0 bridgehead atoms. The maximum atomic E-state index is 5.81. The Hall–Kier alpha value is -2.64. The minimum absolute atomic E-state index is 0.151. The maximum Gasteiger partial charge on any atom is 0.258 e. The topological polar surface area (TPSA) is 54.2 Å². The van der Waals surface area contributed by atoms with E-state index < -0.39 is 0 Å². The van der Waals surface area contributed by atoms with Crippen molar-refractivity contribution in [1.29, 1.82) is 0 Å². The number of rotatable bonds is 7. The highest BCUT2D eigenvalue weighted by atomic mass is 32.2. The van der Waals surface area contributed by atoms with Crippen molar-refractivity contribution >= 4 is 34.7 Å². The summed E-state index contributed by atoms with van der Waals surface area (Å²) in [6.07, 6.45) is 4.06. The van der Waals surface area contributed by atoms with Gasteiger partial charge in [-0.2, -0.15) is 4.98 Å². The number of thiocarbonyl (C=S) groups is 1. The summed E-state index contributed by atoms with van der Waals surface area (Å²) in [6, 6.07) is 16.7. The minimum atomic E-state index is -0.151. The van der Waals surface area contributed by atoms with Gasteiger partial charge in [-0.1, -0.05) is 55.4 Å². The predicted octanol–water partition coefficient (Wildman–Crippen LogP) is 6.09. The Bertz CT molecular complexity index is 1120. The van der Waals surface area contributed by atoms with Crippen molar-refractivity contribution in [2.24, 2.45) is 0 Å². The van der Waals surface area contributed by atoms with Crippen LogP contribution in [0.15, 0.2) is 63.6 Å². The summed E-state index contributed by atoms with van der Waals surface area (Å²) in [6.45, 7) is 7.21. The summed E-state index contributed by atoms with van der Waals surface area (Å²) in [4.78, 5) is 8.13. The lowest BCUT2D eigenvalue weighted by Gasteiger charge is -2.37. The molecule has 1 unspecified atom stereocenters. The zero-order valence-corrected chi connectivity index (χ0v) is 20.5. The molecule has 166 valence electrons. The van der Waals surface area contributed by atoms with Gasteiger partial charge in [0.05, 0.1) is 11.6 Å². The van der Waals surface area contributed by atoms with Gasteiger partial charge in [0.2, 0.25) is 5.82 Å². The first kappa shape index (κ1) is 22.6. The molecule has 0 saturated heterocycles. The van der Waals surface area contributed by atoms with Gasteiger partial charge in [-0.05, 0) is 61.5 Å². The molecule has 4 rings (SSSR count). The number of hydrogen-bond donors (Lipinski definition) is 1. The molecule has 0 spiro atoms. The molecule has 32 heavy (non-hydrogen) atoms. The molecule has 5 nitrogen and oxygen atoms in total. The van der Waals surface area contributed by atoms with Crippen LogP contribution >= 0.6 is 24.0 Å². The summed E-state index contributed by atoms with van der Waals surface area (Å²) >= 11 is 7.44. The summed E-state index contributed by atoms with van der Waals surface area (Å²) < 4.78 is 5.81. The van der Waals surface area contributed by atoms with Gasteiger partial charge in [0.15, 0.2) is 5.11 Å². The Morgan fingerprint density at radius 1 is 1.09 bits per heavy atom. The van der Waals surface area contributed by atoms with E-state index >= 15 is 0 Å². The Labute approximate surface area is 199 Å². The number of aromatic nitrogens is 2. The first-order valence-electron chi connectivity index (χ1n) is 10.9. The van der Waals surface area contributed by atoms with Crippen molar-refractivity contribution < 1.29 is 4.52 Å². The number of aryl methyl sites for hydroxylation is 1. The van der Waals surface area contributed by atoms with Crippen molar-refractivity contribution in [2.75, 3.05) is 12.8 Å². The van der Waals surface area contributed by atoms with E-state index in [1.807, 2.05) is 12.1 Å². The zero-order chi connectivity index (χ0) is 22.7. The van der Waals surface area contributed by atoms with Crippen molar-refractivity contribution in [3.8, 4) is 11.4 Å². The fourth-order valence-corrected chi connectivity index (χ4v) is 4.69. The molecule has 0 saturated carbocycles. The summed E-state index contributed by atoms with van der Waals surface area (Å²) in [5.41, 5.74) is 5.35. The van der Waals surface area contributed by atoms with Crippen molar-refractivity contribution in [1.82, 2.24) is 20.4 Å². The number of nitrogens with zero attached hydrogens (tertiary/aromatic N) is 3. The van der Waals surface area contributed by atoms with Gasteiger partial charge in [0.1, 0.15) is 0 Å². The Morgan fingerprint density at radius 2 is 1.81 bits per heavy atom. The quantitative estimate of drug-likeness (QED) is 0.335. The van der Waals surface area contributed by atoms with Gasteiger partial charge in [-0.25, -0.2) is 0 Å². The van der Waals surface area contributed by atoms with Crippen LogP contribution in [-0.2, 0) is 6.42 Å². The molecule has 1 aromatic heterocycles. The van der Waals surface area contributed by atoms with E-state index in [1.54, 1.807) is 11.8 Å². The number of thioether (sulfide) groups is 1. The number of allylic oxidation sites excluding steroid dienone is 1. The molecule has 1 aliphatic rings. The lowest BCUT2D eigenvalue weighted by molar-refractivity contribution is 0.396. The van der Waals surface area contributed by atoms with Gasteiger partial charge in [0, 0.05) is 22.7 Å². The first-order chi connectivity index (χ1) is 15.5. The molecular formula is C25H28N4OS2. The van der Waals surface area contributed by atoms with E-state index in [-0.39, 0.29) is 6.04 Å². The molecule has 3 aromatic rings. The average Bonchev–Trinajstić information content (AvgIpc) is 3.31. The van der Waals surface area contributed by atoms with Crippen molar-refractivity contribution in [3.63, 3.8) is 0 Å². The Balaban J connectivity index is 1.77. The monoisotopic (exact) mass is 464 g/mol. The van der Waals surface area contributed by atoms with E-state index in [1.165, 1.54) is 10.5 Å². The number of benzene rings is 2. The third-order valence-corrected chi connectivity index (χ3v) is 6.85. The molecule has 0 fully saturated rings. The normalized spacial score (nSPS) is 16.4. The van der Waals surface area contributed by atoms with Crippen LogP contribution in [0.5, 0.6) is 0 Å². The van der Waals surface area contributed by atoms with Gasteiger partial charge in [0.25, 0.3) is 5.89 Å². The third-order valence-electron chi connectivity index (χ3n) is 5.77. The van der Waals surface area contributed by atoms with Crippen LogP contribution in [0.4, 0.5) is 0 Å². The molecule has 1 N–H and O–H groups in total. The van der Waals surface area contributed by atoms with E-state index in [9.17, 15) is 0 Å². The van der Waals surface area contributed by atoms with Crippen molar-refractivity contribution in [3.05, 3.63) is 71.2 Å². The first-order valence-corrected chi connectivity index (χ1v) is 12.5. The molecule has 2 aromatic carbocycles. The standard InChI is InChI=1S/C25H28N4OS2/c1-5-15-29-16(3)21(22(26-25(29)31)18-11-13-20(32-4)14-12-18)24-27-23(28-30-24)19-9-7-17(6-2)8-10-19/h7-14,22H,5-6,15H2,1-4H3,(H,26,31). The average molecular weight is 465 g/mol. The van der Waals surface area contributed by atoms with Crippen LogP contribution in [0.1, 0.15) is 50.3 Å². The second-order valence-corrected chi connectivity index (χ2v) is 9.05. The van der Waals surface area contributed by atoms with Gasteiger partial charge in [-0.15, -0.1) is 11.8 Å². The molecule has 0 amide bonds. The van der Waals surface area contributed by atoms with Gasteiger partial charge >= 0.3 is 0 Å². The van der Waals surface area contributed by atoms with Crippen LogP contribution in [0.25, 0.3) is 17.0 Å². The summed E-state index contributed by atoms with van der Waals surface area (Å²) in [7, 11) is 0. The van der Waals surface area contributed by atoms with Crippen molar-refractivity contribution in [2.45, 2.75) is 44.6 Å². The highest BCUT2D eigenvalue weighted by molar-refractivity contribution is 7.98. The van der Waals surface area contributed by atoms with Crippen LogP contribution in [0.2, 0.25) is 0 Å². The maximum absolute atomic E-state index is 5.81. The molecule has 0 radical (unpaired) electrons. The smallest absolute Gasteiger partial charge is 0.258 e. The lowest BCUT2D eigenvalue weighted by atomic mass is 9.95. The van der Waals surface area contributed by atoms with Crippen LogP contribution in [-0.4, -0.2) is 33.0 Å². The van der Waals surface area contributed by atoms with Gasteiger partial charge in [-0.3, -0.25) is 0 Å². The van der Waals surface area contributed by atoms with E-state index in [4.69, 9.17) is 21.7 Å². The largest absolute Gasteiger partial charge is 0.351 e. The predicted molar refractivity (Wildman–Crippen MR) is 135 cm³/mol. The van der Waals surface area contributed by atoms with Crippen LogP contribution < -0.4 is 5.32 Å². The fourth-order valence-electron chi connectivity index (χ4n) is 3.94. The fraction of sp³-hybridized carbons (Fsp3) is 0.320. The number of nitrogens with one attached hydrogen (secondary N) is 1. The Morgan fingerprint density at radius 3 is 2.44 bits per heavy atom. The van der Waals surface area contributed by atoms with Crippen LogP contribution in [0, 0.1) is 0 Å². The third kappa shape index (κ3) is 4.45. The number of hydrogen-bond acceptors (Lipinski definition) is 5. The molecule has 0 aliphatic carbocycles. The second kappa shape index (κ2) is 9.88. The zero-order valence-electron chi connectivity index (χ0n) is 18.9. The molecule has 1 atom stereocenters. The van der Waals surface area contributed by atoms with E-state index in [0.717, 1.165) is 46.9 Å². The molecular weight excluding hydrogens is 436 g/mol. The highest BCUT2D eigenvalue weighted by Crippen LogP contribution is 2.37. The van der Waals surface area contributed by atoms with E-state index in [0.29, 0.717) is 11.7 Å². The summed E-state index contributed by atoms with van der Waals surface area (Å²) in [5.74, 6) is 1.11. The van der Waals surface area contributed by atoms with Crippen LogP contribution in [0.3, 0.4) is 0 Å². The lowest BCUT2D eigenvalue weighted by Crippen LogP contribution is -2.46. The molecule has 7 heteroatoms. The molecule has 1 aliphatic heterocycles. The van der Waals surface area contributed by atoms with Gasteiger partial charge < -0.3 is 14.7 Å². The summed E-state index contributed by atoms with van der Waals surface area (Å²) in [5, 5.41) is 8.53. The van der Waals surface area contributed by atoms with E-state index in [2.05, 4.69) is 78.8 Å². The second-order valence-electron chi connectivity index (χ2n) is 7.78. The molecule has 2 heterocycles. The minimum Gasteiger partial charge on any atom is -0.351 e.